The molecule has 5 nitrogen and oxygen atoms in total. The maximum atomic E-state index is 5.19. The Labute approximate surface area is 163 Å². The summed E-state index contributed by atoms with van der Waals surface area (Å²) < 4.78 is 5.19. The summed E-state index contributed by atoms with van der Waals surface area (Å²) in [5.41, 5.74) is 5.57. The van der Waals surface area contributed by atoms with Gasteiger partial charge in [0.2, 0.25) is 0 Å². The molecule has 138 valence electrons. The van der Waals surface area contributed by atoms with E-state index in [1.165, 1.54) is 11.3 Å². The molecule has 27 heavy (non-hydrogen) atoms. The predicted octanol–water partition coefficient (Wildman–Crippen LogP) is 4.53. The van der Waals surface area contributed by atoms with Crippen LogP contribution < -0.4 is 4.90 Å². The molecular formula is C21H22N4OS. The van der Waals surface area contributed by atoms with E-state index in [0.29, 0.717) is 0 Å². The first-order valence-electron chi connectivity index (χ1n) is 9.03. The number of ether oxygens (including phenoxy) is 1. The summed E-state index contributed by atoms with van der Waals surface area (Å²) in [5.74, 6) is 0. The van der Waals surface area contributed by atoms with Gasteiger partial charge in [-0.2, -0.15) is 0 Å². The highest BCUT2D eigenvalue weighted by molar-refractivity contribution is 7.18. The molecule has 0 bridgehead atoms. The molecule has 4 rings (SSSR count). The Morgan fingerprint density at radius 2 is 2.19 bits per heavy atom. The van der Waals surface area contributed by atoms with Crippen molar-refractivity contribution in [3.8, 4) is 21.1 Å². The van der Waals surface area contributed by atoms with E-state index in [2.05, 4.69) is 40.1 Å². The minimum Gasteiger partial charge on any atom is -0.384 e. The summed E-state index contributed by atoms with van der Waals surface area (Å²) in [6.45, 7) is 1.75. The van der Waals surface area contributed by atoms with Crippen LogP contribution in [0.25, 0.3) is 26.7 Å². The number of anilines is 1. The molecule has 1 aliphatic heterocycles. The summed E-state index contributed by atoms with van der Waals surface area (Å²) >= 11 is 1.65. The zero-order valence-corrected chi connectivity index (χ0v) is 16.4. The molecule has 0 atom stereocenters. The van der Waals surface area contributed by atoms with Crippen LogP contribution in [0.1, 0.15) is 18.5 Å². The van der Waals surface area contributed by atoms with E-state index < -0.39 is 0 Å². The highest BCUT2D eigenvalue weighted by atomic mass is 32.1. The first-order valence-corrected chi connectivity index (χ1v) is 9.85. The number of pyridine rings is 2. The lowest BCUT2D eigenvalue weighted by atomic mass is 10.00. The van der Waals surface area contributed by atoms with Crippen LogP contribution in [-0.4, -0.2) is 42.3 Å². The van der Waals surface area contributed by atoms with E-state index in [1.54, 1.807) is 24.6 Å². The highest BCUT2D eigenvalue weighted by Crippen LogP contribution is 2.36. The van der Waals surface area contributed by atoms with Crippen molar-refractivity contribution in [2.45, 2.75) is 12.8 Å². The van der Waals surface area contributed by atoms with E-state index >= 15 is 0 Å². The Morgan fingerprint density at radius 3 is 3.00 bits per heavy atom. The summed E-state index contributed by atoms with van der Waals surface area (Å²) in [7, 11) is 3.86. The Kier molecular flexibility index (Phi) is 5.27. The number of aromatic nitrogens is 3. The average Bonchev–Trinajstić information content (AvgIpc) is 3.21. The third-order valence-corrected chi connectivity index (χ3v) is 5.75. The number of hydrogen-bond donors (Lipinski definition) is 0. The maximum Gasteiger partial charge on any atom is 0.125 e. The lowest BCUT2D eigenvalue weighted by molar-refractivity contribution is 0.204. The van der Waals surface area contributed by atoms with Crippen molar-refractivity contribution in [1.82, 2.24) is 15.0 Å². The van der Waals surface area contributed by atoms with E-state index in [0.717, 1.165) is 52.8 Å². The monoisotopic (exact) mass is 378 g/mol. The molecule has 6 heteroatoms. The molecule has 3 aromatic rings. The van der Waals surface area contributed by atoms with Crippen molar-refractivity contribution in [3.63, 3.8) is 0 Å². The van der Waals surface area contributed by atoms with Crippen LogP contribution in [0.5, 0.6) is 0 Å². The quantitative estimate of drug-likeness (QED) is 0.611. The van der Waals surface area contributed by atoms with Gasteiger partial charge in [0.15, 0.2) is 0 Å². The van der Waals surface area contributed by atoms with Crippen molar-refractivity contribution in [2.24, 2.45) is 0 Å². The number of rotatable bonds is 5. The Bertz CT molecular complexity index is 952. The van der Waals surface area contributed by atoms with E-state index in [9.17, 15) is 0 Å². The average molecular weight is 379 g/mol. The number of fused-ring (bicyclic) bond motifs is 1. The summed E-state index contributed by atoms with van der Waals surface area (Å²) in [5, 5.41) is 0.964. The second-order valence-electron chi connectivity index (χ2n) is 6.52. The van der Waals surface area contributed by atoms with Gasteiger partial charge >= 0.3 is 0 Å². The zero-order chi connectivity index (χ0) is 18.6. The molecule has 3 aromatic heterocycles. The smallest absolute Gasteiger partial charge is 0.125 e. The van der Waals surface area contributed by atoms with Crippen LogP contribution in [0.4, 0.5) is 5.69 Å². The van der Waals surface area contributed by atoms with Gasteiger partial charge < -0.3 is 9.64 Å². The first kappa shape index (κ1) is 17.8. The van der Waals surface area contributed by atoms with Gasteiger partial charge in [0, 0.05) is 51.5 Å². The standard InChI is InChI=1S/C21H22N4OS/c1-25-11-9-15(6-4-12-26-2)20-18(25)8-7-17(24-20)19-14-23-21(27-19)16-5-3-10-22-13-16/h3,5-8,10,13-14H,4,9,11-12H2,1-2H3. The SMILES string of the molecule is COCCC=C1CCN(C)c2ccc(-c3cnc(-c4cccnc4)s3)nc21. The lowest BCUT2D eigenvalue weighted by Crippen LogP contribution is -2.25. The van der Waals surface area contributed by atoms with Gasteiger partial charge in [-0.3, -0.25) is 4.98 Å². The summed E-state index contributed by atoms with van der Waals surface area (Å²) in [6.07, 6.45) is 9.70. The number of hydrogen-bond acceptors (Lipinski definition) is 6. The van der Waals surface area contributed by atoms with E-state index in [-0.39, 0.29) is 0 Å². The Balaban J connectivity index is 1.68. The normalized spacial score (nSPS) is 15.2. The van der Waals surface area contributed by atoms with Gasteiger partial charge in [0.05, 0.1) is 22.0 Å². The van der Waals surface area contributed by atoms with Crippen LogP contribution in [0, 0.1) is 0 Å². The topological polar surface area (TPSA) is 51.1 Å². The molecule has 0 aliphatic carbocycles. The van der Waals surface area contributed by atoms with Crippen LogP contribution >= 0.6 is 11.3 Å². The van der Waals surface area contributed by atoms with Crippen LogP contribution in [0.3, 0.4) is 0 Å². The zero-order valence-electron chi connectivity index (χ0n) is 15.6. The van der Waals surface area contributed by atoms with Crippen LogP contribution in [0.2, 0.25) is 0 Å². The minimum absolute atomic E-state index is 0.734. The molecule has 4 heterocycles. The molecule has 1 aliphatic rings. The Morgan fingerprint density at radius 1 is 1.26 bits per heavy atom. The predicted molar refractivity (Wildman–Crippen MR) is 111 cm³/mol. The van der Waals surface area contributed by atoms with Crippen LogP contribution in [-0.2, 0) is 4.74 Å². The molecule has 0 N–H and O–H groups in total. The fourth-order valence-corrected chi connectivity index (χ4v) is 4.10. The third-order valence-electron chi connectivity index (χ3n) is 4.69. The molecule has 0 aromatic carbocycles. The molecule has 0 saturated carbocycles. The minimum atomic E-state index is 0.734. The molecular weight excluding hydrogens is 356 g/mol. The van der Waals surface area contributed by atoms with Crippen molar-refractivity contribution >= 4 is 22.6 Å². The fraction of sp³-hybridized carbons (Fsp3) is 0.286. The van der Waals surface area contributed by atoms with E-state index in [4.69, 9.17) is 9.72 Å². The number of nitrogens with zero attached hydrogens (tertiary/aromatic N) is 4. The Hall–Kier alpha value is -2.57. The van der Waals surface area contributed by atoms with Crippen molar-refractivity contribution in [1.29, 1.82) is 0 Å². The molecule has 0 spiro atoms. The maximum absolute atomic E-state index is 5.19. The molecule has 0 fully saturated rings. The largest absolute Gasteiger partial charge is 0.384 e. The first-order chi connectivity index (χ1) is 13.3. The van der Waals surface area contributed by atoms with Gasteiger partial charge in [0.25, 0.3) is 0 Å². The third kappa shape index (κ3) is 3.77. The lowest BCUT2D eigenvalue weighted by Gasteiger charge is -2.28. The summed E-state index contributed by atoms with van der Waals surface area (Å²) in [4.78, 5) is 17.1. The number of methoxy groups -OCH3 is 1. The molecule has 0 amide bonds. The second-order valence-corrected chi connectivity index (χ2v) is 7.55. The van der Waals surface area contributed by atoms with Gasteiger partial charge in [-0.15, -0.1) is 11.3 Å². The van der Waals surface area contributed by atoms with Crippen molar-refractivity contribution in [3.05, 3.63) is 54.6 Å². The van der Waals surface area contributed by atoms with Crippen LogP contribution in [0.15, 0.2) is 48.9 Å². The van der Waals surface area contributed by atoms with Gasteiger partial charge in [-0.05, 0) is 42.7 Å². The van der Waals surface area contributed by atoms with Gasteiger partial charge in [-0.1, -0.05) is 6.08 Å². The highest BCUT2D eigenvalue weighted by Gasteiger charge is 2.20. The van der Waals surface area contributed by atoms with Gasteiger partial charge in [0.1, 0.15) is 5.01 Å². The second kappa shape index (κ2) is 7.98. The van der Waals surface area contributed by atoms with Crippen molar-refractivity contribution in [2.75, 3.05) is 32.2 Å². The number of thiazole rings is 1. The van der Waals surface area contributed by atoms with Gasteiger partial charge in [-0.25, -0.2) is 9.97 Å². The molecule has 0 unspecified atom stereocenters. The molecule has 0 saturated heterocycles. The molecule has 0 radical (unpaired) electrons. The fourth-order valence-electron chi connectivity index (χ4n) is 3.23. The summed E-state index contributed by atoms with van der Waals surface area (Å²) in [6, 6.07) is 8.22. The van der Waals surface area contributed by atoms with Crippen molar-refractivity contribution < 1.29 is 4.74 Å². The van der Waals surface area contributed by atoms with E-state index in [1.807, 2.05) is 24.5 Å².